The van der Waals surface area contributed by atoms with E-state index >= 15 is 0 Å². The molecule has 1 N–H and O–H groups in total. The lowest BCUT2D eigenvalue weighted by atomic mass is 10.2. The second-order valence-electron chi connectivity index (χ2n) is 5.64. The maximum absolute atomic E-state index is 12.1. The van der Waals surface area contributed by atoms with Crippen molar-refractivity contribution in [3.05, 3.63) is 16.1 Å². The molecule has 1 aliphatic carbocycles. The Morgan fingerprint density at radius 2 is 2.21 bits per heavy atom. The van der Waals surface area contributed by atoms with Gasteiger partial charge in [0.1, 0.15) is 5.69 Å². The molecule has 0 spiro atoms. The zero-order valence-corrected chi connectivity index (χ0v) is 12.2. The molecule has 1 saturated carbocycles. The molecule has 1 aromatic heterocycles. The van der Waals surface area contributed by atoms with E-state index in [-0.39, 0.29) is 5.91 Å². The van der Waals surface area contributed by atoms with Crippen LogP contribution >= 0.6 is 11.3 Å². The fourth-order valence-electron chi connectivity index (χ4n) is 3.23. The minimum absolute atomic E-state index is 0.0115. The van der Waals surface area contributed by atoms with E-state index in [1.165, 1.54) is 37.0 Å². The van der Waals surface area contributed by atoms with Crippen LogP contribution in [0, 0.1) is 6.92 Å². The predicted molar refractivity (Wildman–Crippen MR) is 76.6 cm³/mol. The van der Waals surface area contributed by atoms with Crippen molar-refractivity contribution in [3.63, 3.8) is 0 Å². The molecule has 1 aromatic rings. The standard InChI is InChI=1S/C14H21N3OS/c1-10-15-13(9-19-10)14(18)16-11-6-7-17(8-11)12-4-2-3-5-12/h9,11-12H,2-8H2,1H3,(H,16,18). The van der Waals surface area contributed by atoms with Gasteiger partial charge >= 0.3 is 0 Å². The van der Waals surface area contributed by atoms with Crippen LogP contribution in [-0.2, 0) is 0 Å². The molecule has 2 aliphatic rings. The largest absolute Gasteiger partial charge is 0.347 e. The number of rotatable bonds is 3. The van der Waals surface area contributed by atoms with Crippen molar-refractivity contribution in [2.75, 3.05) is 13.1 Å². The van der Waals surface area contributed by atoms with E-state index in [0.717, 1.165) is 30.6 Å². The number of hydrogen-bond acceptors (Lipinski definition) is 4. The van der Waals surface area contributed by atoms with Crippen LogP contribution in [0.25, 0.3) is 0 Å². The van der Waals surface area contributed by atoms with Gasteiger partial charge in [0.05, 0.1) is 5.01 Å². The highest BCUT2D eigenvalue weighted by Crippen LogP contribution is 2.26. The van der Waals surface area contributed by atoms with Gasteiger partial charge in [-0.25, -0.2) is 4.98 Å². The number of nitrogens with zero attached hydrogens (tertiary/aromatic N) is 2. The molecule has 4 nitrogen and oxygen atoms in total. The lowest BCUT2D eigenvalue weighted by molar-refractivity contribution is 0.0931. The van der Waals surface area contributed by atoms with Crippen molar-refractivity contribution >= 4 is 17.2 Å². The highest BCUT2D eigenvalue weighted by molar-refractivity contribution is 7.09. The minimum Gasteiger partial charge on any atom is -0.347 e. The number of nitrogens with one attached hydrogen (secondary N) is 1. The summed E-state index contributed by atoms with van der Waals surface area (Å²) in [5.41, 5.74) is 0.571. The van der Waals surface area contributed by atoms with Crippen molar-refractivity contribution < 1.29 is 4.79 Å². The van der Waals surface area contributed by atoms with Crippen molar-refractivity contribution in [1.29, 1.82) is 0 Å². The third-order valence-electron chi connectivity index (χ3n) is 4.25. The lowest BCUT2D eigenvalue weighted by Crippen LogP contribution is -2.39. The number of hydrogen-bond donors (Lipinski definition) is 1. The van der Waals surface area contributed by atoms with Crippen molar-refractivity contribution in [2.24, 2.45) is 0 Å². The molecule has 0 bridgehead atoms. The minimum atomic E-state index is -0.0115. The van der Waals surface area contributed by atoms with E-state index in [4.69, 9.17) is 0 Å². The first kappa shape index (κ1) is 13.1. The van der Waals surface area contributed by atoms with Gasteiger partial charge in [0.2, 0.25) is 0 Å². The molecule has 104 valence electrons. The van der Waals surface area contributed by atoms with Gasteiger partial charge in [-0.2, -0.15) is 0 Å². The summed E-state index contributed by atoms with van der Waals surface area (Å²) < 4.78 is 0. The average Bonchev–Trinajstić information content (AvgIpc) is 3.07. The zero-order valence-electron chi connectivity index (χ0n) is 11.4. The van der Waals surface area contributed by atoms with E-state index in [1.54, 1.807) is 0 Å². The monoisotopic (exact) mass is 279 g/mol. The van der Waals surface area contributed by atoms with Crippen LogP contribution in [0.1, 0.15) is 47.6 Å². The average molecular weight is 279 g/mol. The Morgan fingerprint density at radius 1 is 1.42 bits per heavy atom. The Morgan fingerprint density at radius 3 is 2.89 bits per heavy atom. The van der Waals surface area contributed by atoms with Crippen LogP contribution in [0.15, 0.2) is 5.38 Å². The molecule has 1 saturated heterocycles. The second kappa shape index (κ2) is 5.59. The first-order valence-corrected chi connectivity index (χ1v) is 8.07. The highest BCUT2D eigenvalue weighted by Gasteiger charge is 2.30. The maximum atomic E-state index is 12.1. The normalized spacial score (nSPS) is 25.0. The predicted octanol–water partition coefficient (Wildman–Crippen LogP) is 2.20. The van der Waals surface area contributed by atoms with E-state index in [0.29, 0.717) is 11.7 Å². The molecule has 2 fully saturated rings. The van der Waals surface area contributed by atoms with Gasteiger partial charge < -0.3 is 5.32 Å². The molecular weight excluding hydrogens is 258 g/mol. The number of carbonyl (C=O) groups is 1. The highest BCUT2D eigenvalue weighted by atomic mass is 32.1. The second-order valence-corrected chi connectivity index (χ2v) is 6.71. The van der Waals surface area contributed by atoms with Crippen molar-refractivity contribution in [2.45, 2.75) is 51.1 Å². The smallest absolute Gasteiger partial charge is 0.271 e. The summed E-state index contributed by atoms with van der Waals surface area (Å²) in [7, 11) is 0. The van der Waals surface area contributed by atoms with Gasteiger partial charge in [-0.1, -0.05) is 12.8 Å². The quantitative estimate of drug-likeness (QED) is 0.922. The van der Waals surface area contributed by atoms with E-state index < -0.39 is 0 Å². The maximum Gasteiger partial charge on any atom is 0.271 e. The van der Waals surface area contributed by atoms with Crippen LogP contribution in [0.2, 0.25) is 0 Å². The van der Waals surface area contributed by atoms with Crippen LogP contribution in [0.3, 0.4) is 0 Å². The van der Waals surface area contributed by atoms with Gasteiger partial charge in [-0.3, -0.25) is 9.69 Å². The van der Waals surface area contributed by atoms with Crippen LogP contribution in [0.5, 0.6) is 0 Å². The number of thiazole rings is 1. The van der Waals surface area contributed by atoms with Gasteiger partial charge in [0.25, 0.3) is 5.91 Å². The summed E-state index contributed by atoms with van der Waals surface area (Å²) in [6.07, 6.45) is 6.50. The molecule has 3 rings (SSSR count). The van der Waals surface area contributed by atoms with Gasteiger partial charge in [-0.15, -0.1) is 11.3 Å². The SMILES string of the molecule is Cc1nc(C(=O)NC2CCN(C3CCCC3)C2)cs1. The Kier molecular flexibility index (Phi) is 3.84. The molecule has 1 unspecified atom stereocenters. The van der Waals surface area contributed by atoms with Crippen LogP contribution in [-0.4, -0.2) is 41.0 Å². The number of carbonyl (C=O) groups excluding carboxylic acids is 1. The first-order valence-electron chi connectivity index (χ1n) is 7.19. The fourth-order valence-corrected chi connectivity index (χ4v) is 3.83. The van der Waals surface area contributed by atoms with E-state index in [9.17, 15) is 4.79 Å². The van der Waals surface area contributed by atoms with E-state index in [1.807, 2.05) is 12.3 Å². The third kappa shape index (κ3) is 2.98. The topological polar surface area (TPSA) is 45.2 Å². The Labute approximate surface area is 118 Å². The number of aromatic nitrogens is 1. The molecule has 0 aromatic carbocycles. The van der Waals surface area contributed by atoms with Crippen LogP contribution < -0.4 is 5.32 Å². The molecule has 1 amide bonds. The van der Waals surface area contributed by atoms with Crippen LogP contribution in [0.4, 0.5) is 0 Å². The third-order valence-corrected chi connectivity index (χ3v) is 5.02. The zero-order chi connectivity index (χ0) is 13.2. The number of amides is 1. The van der Waals surface area contributed by atoms with Gasteiger partial charge in [0.15, 0.2) is 0 Å². The summed E-state index contributed by atoms with van der Waals surface area (Å²) in [6.45, 7) is 4.07. The molecule has 1 aliphatic heterocycles. The summed E-state index contributed by atoms with van der Waals surface area (Å²) in [5, 5.41) is 5.92. The molecule has 19 heavy (non-hydrogen) atoms. The van der Waals surface area contributed by atoms with Crippen molar-refractivity contribution in [1.82, 2.24) is 15.2 Å². The summed E-state index contributed by atoms with van der Waals surface area (Å²) in [4.78, 5) is 18.9. The Hall–Kier alpha value is -0.940. The van der Waals surface area contributed by atoms with Crippen molar-refractivity contribution in [3.8, 4) is 0 Å². The molecule has 5 heteroatoms. The first-order chi connectivity index (χ1) is 9.22. The van der Waals surface area contributed by atoms with Gasteiger partial charge in [-0.05, 0) is 26.2 Å². The van der Waals surface area contributed by atoms with Gasteiger partial charge in [0, 0.05) is 30.6 Å². The Balaban J connectivity index is 1.52. The molecule has 1 atom stereocenters. The van der Waals surface area contributed by atoms with E-state index in [2.05, 4.69) is 15.2 Å². The molecule has 0 radical (unpaired) electrons. The summed E-state index contributed by atoms with van der Waals surface area (Å²) in [5.74, 6) is -0.0115. The summed E-state index contributed by atoms with van der Waals surface area (Å²) >= 11 is 1.53. The molecular formula is C14H21N3OS. The lowest BCUT2D eigenvalue weighted by Gasteiger charge is -2.23. The number of likely N-dealkylation sites (tertiary alicyclic amines) is 1. The molecule has 2 heterocycles. The fraction of sp³-hybridized carbons (Fsp3) is 0.714. The Bertz CT molecular complexity index is 453. The summed E-state index contributed by atoms with van der Waals surface area (Å²) in [6, 6.07) is 1.07. The number of aryl methyl sites for hydroxylation is 1.